The first-order chi connectivity index (χ1) is 6.81. The molecule has 2 heteroatoms. The number of hydrogen-bond donors (Lipinski definition) is 0. The highest BCUT2D eigenvalue weighted by atomic mass is 16.5. The molecule has 0 aromatic heterocycles. The van der Waals surface area contributed by atoms with Crippen LogP contribution in [0.1, 0.15) is 39.5 Å². The minimum absolute atomic E-state index is 0.706. The maximum atomic E-state index is 5.54. The molecule has 80 valence electrons. The zero-order valence-electron chi connectivity index (χ0n) is 9.43. The summed E-state index contributed by atoms with van der Waals surface area (Å²) in [7, 11) is 1.72. The molecule has 1 aliphatic rings. The monoisotopic (exact) mass is 196 g/mol. The summed E-state index contributed by atoms with van der Waals surface area (Å²) in [5.41, 5.74) is 1.48. The summed E-state index contributed by atoms with van der Waals surface area (Å²) in [5, 5.41) is 0. The molecule has 1 aliphatic carbocycles. The normalized spacial score (nSPS) is 16.6. The van der Waals surface area contributed by atoms with E-state index in [1.165, 1.54) is 18.4 Å². The predicted octanol–water partition coefficient (Wildman–Crippen LogP) is 3.40. The second-order valence-electron chi connectivity index (χ2n) is 3.48. The predicted molar refractivity (Wildman–Crippen MR) is 57.9 cm³/mol. The van der Waals surface area contributed by atoms with Crippen molar-refractivity contribution in [1.82, 2.24) is 0 Å². The highest BCUT2D eigenvalue weighted by Crippen LogP contribution is 2.27. The van der Waals surface area contributed by atoms with Gasteiger partial charge in [0.15, 0.2) is 5.76 Å². The molecule has 0 aliphatic heterocycles. The van der Waals surface area contributed by atoms with Crippen LogP contribution >= 0.6 is 0 Å². The number of ether oxygens (including phenoxy) is 2. The molecule has 1 rings (SSSR count). The lowest BCUT2D eigenvalue weighted by molar-refractivity contribution is 0.188. The Hall–Kier alpha value is -0.920. The average molecular weight is 196 g/mol. The molecule has 0 saturated heterocycles. The summed E-state index contributed by atoms with van der Waals surface area (Å²) < 4.78 is 10.8. The molecule has 0 aromatic rings. The van der Waals surface area contributed by atoms with E-state index in [1.54, 1.807) is 7.11 Å². The second-order valence-corrected chi connectivity index (χ2v) is 3.48. The van der Waals surface area contributed by atoms with E-state index >= 15 is 0 Å². The van der Waals surface area contributed by atoms with Gasteiger partial charge in [-0.2, -0.15) is 0 Å². The van der Waals surface area contributed by atoms with Gasteiger partial charge < -0.3 is 9.47 Å². The van der Waals surface area contributed by atoms with E-state index in [4.69, 9.17) is 9.47 Å². The number of hydrogen-bond acceptors (Lipinski definition) is 2. The number of allylic oxidation sites excluding steroid dienone is 3. The van der Waals surface area contributed by atoms with Crippen LogP contribution in [0.5, 0.6) is 0 Å². The van der Waals surface area contributed by atoms with Gasteiger partial charge in [-0.1, -0.05) is 18.9 Å². The standard InChI is InChI=1S/C12H20O2/c1-4-6-10-7-8-11(13-3)12(9-10)14-5-2/h9H,4-8H2,1-3H3. The quantitative estimate of drug-likeness (QED) is 0.671. The van der Waals surface area contributed by atoms with E-state index in [0.717, 1.165) is 24.4 Å². The fourth-order valence-electron chi connectivity index (χ4n) is 1.73. The Morgan fingerprint density at radius 1 is 1.29 bits per heavy atom. The molecule has 0 amide bonds. The van der Waals surface area contributed by atoms with Crippen LogP contribution in [0.25, 0.3) is 0 Å². The van der Waals surface area contributed by atoms with Crippen molar-refractivity contribution < 1.29 is 9.47 Å². The third-order valence-electron chi connectivity index (χ3n) is 2.40. The van der Waals surface area contributed by atoms with Gasteiger partial charge in [0, 0.05) is 6.42 Å². The lowest BCUT2D eigenvalue weighted by Crippen LogP contribution is -2.04. The number of methoxy groups -OCH3 is 1. The Labute approximate surface area is 86.6 Å². The van der Waals surface area contributed by atoms with Crippen molar-refractivity contribution in [3.05, 3.63) is 23.2 Å². The Bertz CT molecular complexity index is 239. The maximum absolute atomic E-state index is 5.54. The summed E-state index contributed by atoms with van der Waals surface area (Å²) in [6.45, 7) is 4.91. The first-order valence-corrected chi connectivity index (χ1v) is 5.41. The van der Waals surface area contributed by atoms with Gasteiger partial charge in [-0.25, -0.2) is 0 Å². The van der Waals surface area contributed by atoms with Crippen LogP contribution in [0.15, 0.2) is 23.2 Å². The van der Waals surface area contributed by atoms with Crippen LogP contribution in [0, 0.1) is 0 Å². The molecule has 0 bridgehead atoms. The molecule has 0 radical (unpaired) electrons. The Kier molecular flexibility index (Phi) is 4.57. The van der Waals surface area contributed by atoms with E-state index in [2.05, 4.69) is 13.0 Å². The molecule has 0 spiro atoms. The Balaban J connectivity index is 2.73. The maximum Gasteiger partial charge on any atom is 0.156 e. The van der Waals surface area contributed by atoms with Crippen molar-refractivity contribution in [3.63, 3.8) is 0 Å². The van der Waals surface area contributed by atoms with Crippen molar-refractivity contribution in [3.8, 4) is 0 Å². The van der Waals surface area contributed by atoms with Crippen LogP contribution in [-0.2, 0) is 9.47 Å². The molecule has 0 heterocycles. The van der Waals surface area contributed by atoms with Crippen LogP contribution in [0.2, 0.25) is 0 Å². The van der Waals surface area contributed by atoms with Crippen molar-refractivity contribution in [1.29, 1.82) is 0 Å². The largest absolute Gasteiger partial charge is 0.497 e. The van der Waals surface area contributed by atoms with Gasteiger partial charge in [0.1, 0.15) is 5.76 Å². The minimum Gasteiger partial charge on any atom is -0.497 e. The molecule has 2 nitrogen and oxygen atoms in total. The van der Waals surface area contributed by atoms with E-state index < -0.39 is 0 Å². The molecular formula is C12H20O2. The van der Waals surface area contributed by atoms with Crippen LogP contribution in [0.3, 0.4) is 0 Å². The summed E-state index contributed by atoms with van der Waals surface area (Å²) in [6, 6.07) is 0. The third kappa shape index (κ3) is 2.79. The zero-order valence-corrected chi connectivity index (χ0v) is 9.43. The van der Waals surface area contributed by atoms with E-state index in [1.807, 2.05) is 6.92 Å². The van der Waals surface area contributed by atoms with Crippen LogP contribution in [-0.4, -0.2) is 13.7 Å². The van der Waals surface area contributed by atoms with Gasteiger partial charge in [0.2, 0.25) is 0 Å². The van der Waals surface area contributed by atoms with Crippen LogP contribution in [0.4, 0.5) is 0 Å². The van der Waals surface area contributed by atoms with Gasteiger partial charge in [-0.3, -0.25) is 0 Å². The zero-order chi connectivity index (χ0) is 10.4. The highest BCUT2D eigenvalue weighted by Gasteiger charge is 2.14. The van der Waals surface area contributed by atoms with Gasteiger partial charge >= 0.3 is 0 Å². The molecule has 0 saturated carbocycles. The lowest BCUT2D eigenvalue weighted by Gasteiger charge is -2.18. The summed E-state index contributed by atoms with van der Waals surface area (Å²) >= 11 is 0. The van der Waals surface area contributed by atoms with Gasteiger partial charge in [0.05, 0.1) is 13.7 Å². The first-order valence-electron chi connectivity index (χ1n) is 5.41. The van der Waals surface area contributed by atoms with Crippen molar-refractivity contribution >= 4 is 0 Å². The topological polar surface area (TPSA) is 18.5 Å². The van der Waals surface area contributed by atoms with Gasteiger partial charge in [-0.05, 0) is 25.8 Å². The first kappa shape index (κ1) is 11.2. The van der Waals surface area contributed by atoms with Crippen molar-refractivity contribution in [2.45, 2.75) is 39.5 Å². The minimum atomic E-state index is 0.706. The van der Waals surface area contributed by atoms with Gasteiger partial charge in [-0.15, -0.1) is 0 Å². The van der Waals surface area contributed by atoms with Gasteiger partial charge in [0.25, 0.3) is 0 Å². The SMILES string of the molecule is CCCC1=CC(OCC)=C(OC)CC1. The Morgan fingerprint density at radius 2 is 2.07 bits per heavy atom. The fourth-order valence-corrected chi connectivity index (χ4v) is 1.73. The average Bonchev–Trinajstić information content (AvgIpc) is 2.19. The fraction of sp³-hybridized carbons (Fsp3) is 0.667. The van der Waals surface area contributed by atoms with E-state index in [0.29, 0.717) is 6.61 Å². The molecule has 0 unspecified atom stereocenters. The Morgan fingerprint density at radius 3 is 2.64 bits per heavy atom. The van der Waals surface area contributed by atoms with Crippen molar-refractivity contribution in [2.24, 2.45) is 0 Å². The molecule has 0 atom stereocenters. The van der Waals surface area contributed by atoms with Crippen molar-refractivity contribution in [2.75, 3.05) is 13.7 Å². The third-order valence-corrected chi connectivity index (χ3v) is 2.40. The molecule has 0 fully saturated rings. The summed E-state index contributed by atoms with van der Waals surface area (Å²) in [4.78, 5) is 0. The molecule has 14 heavy (non-hydrogen) atoms. The molecule has 0 aromatic carbocycles. The van der Waals surface area contributed by atoms with E-state index in [9.17, 15) is 0 Å². The second kappa shape index (κ2) is 5.74. The lowest BCUT2D eigenvalue weighted by atomic mass is 9.99. The molecular weight excluding hydrogens is 176 g/mol. The highest BCUT2D eigenvalue weighted by molar-refractivity contribution is 5.26. The molecule has 0 N–H and O–H groups in total. The summed E-state index contributed by atoms with van der Waals surface area (Å²) in [5.74, 6) is 1.93. The number of rotatable bonds is 5. The van der Waals surface area contributed by atoms with Crippen LogP contribution < -0.4 is 0 Å². The smallest absolute Gasteiger partial charge is 0.156 e. The summed E-state index contributed by atoms with van der Waals surface area (Å²) in [6.07, 6.45) is 6.63. The van der Waals surface area contributed by atoms with E-state index in [-0.39, 0.29) is 0 Å².